The third-order valence-corrected chi connectivity index (χ3v) is 4.13. The van der Waals surface area contributed by atoms with E-state index in [1.165, 1.54) is 31.4 Å². The standard InChI is InChI=1S/C16H22N2O3/c1-16(9-3-2-4-10-16)11-17-15(21)18-13-7-5-12(6-8-13)14(19)20/h5-8H,2-4,9-11H2,1H3,(H,19,20)(H2,17,18,21). The summed E-state index contributed by atoms with van der Waals surface area (Å²) in [6.45, 7) is 2.89. The SMILES string of the molecule is CC1(CNC(=O)Nc2ccc(C(=O)O)cc2)CCCCC1. The van der Waals surface area contributed by atoms with Crippen molar-refractivity contribution in [1.82, 2.24) is 5.32 Å². The lowest BCUT2D eigenvalue weighted by atomic mass is 9.76. The molecule has 0 atom stereocenters. The molecule has 0 unspecified atom stereocenters. The first kappa shape index (κ1) is 15.4. The van der Waals surface area contributed by atoms with Gasteiger partial charge in [-0.3, -0.25) is 0 Å². The predicted molar refractivity (Wildman–Crippen MR) is 81.6 cm³/mol. The molecule has 1 aliphatic carbocycles. The molecule has 3 N–H and O–H groups in total. The minimum Gasteiger partial charge on any atom is -0.478 e. The molecule has 0 aliphatic heterocycles. The number of aromatic carboxylic acids is 1. The van der Waals surface area contributed by atoms with Gasteiger partial charge >= 0.3 is 12.0 Å². The quantitative estimate of drug-likeness (QED) is 0.794. The fourth-order valence-corrected chi connectivity index (χ4v) is 2.75. The van der Waals surface area contributed by atoms with E-state index in [-0.39, 0.29) is 17.0 Å². The highest BCUT2D eigenvalue weighted by molar-refractivity contribution is 5.91. The molecular formula is C16H22N2O3. The van der Waals surface area contributed by atoms with Crippen LogP contribution < -0.4 is 10.6 Å². The Hall–Kier alpha value is -2.04. The van der Waals surface area contributed by atoms with Gasteiger partial charge in [0.05, 0.1) is 5.56 Å². The fraction of sp³-hybridized carbons (Fsp3) is 0.500. The van der Waals surface area contributed by atoms with Gasteiger partial charge in [-0.1, -0.05) is 26.2 Å². The Morgan fingerprint density at radius 1 is 1.14 bits per heavy atom. The van der Waals surface area contributed by atoms with Crippen LogP contribution in [0.2, 0.25) is 0 Å². The Labute approximate surface area is 124 Å². The second-order valence-corrected chi connectivity index (χ2v) is 6.06. The number of carboxylic acids is 1. The summed E-state index contributed by atoms with van der Waals surface area (Å²) in [5.41, 5.74) is 0.991. The summed E-state index contributed by atoms with van der Waals surface area (Å²) < 4.78 is 0. The molecule has 1 aliphatic rings. The predicted octanol–water partition coefficient (Wildman–Crippen LogP) is 3.48. The van der Waals surface area contributed by atoms with Gasteiger partial charge in [-0.25, -0.2) is 9.59 Å². The van der Waals surface area contributed by atoms with Gasteiger partial charge in [0.25, 0.3) is 0 Å². The first-order chi connectivity index (χ1) is 9.98. The van der Waals surface area contributed by atoms with Gasteiger partial charge in [0.1, 0.15) is 0 Å². The van der Waals surface area contributed by atoms with Crippen LogP contribution in [0.4, 0.5) is 10.5 Å². The van der Waals surface area contributed by atoms with E-state index in [4.69, 9.17) is 5.11 Å². The van der Waals surface area contributed by atoms with Crippen molar-refractivity contribution in [3.63, 3.8) is 0 Å². The molecule has 0 aromatic heterocycles. The summed E-state index contributed by atoms with van der Waals surface area (Å²) in [7, 11) is 0. The maximum absolute atomic E-state index is 11.9. The summed E-state index contributed by atoms with van der Waals surface area (Å²) in [6.07, 6.45) is 6.06. The molecular weight excluding hydrogens is 268 g/mol. The number of urea groups is 1. The number of carbonyl (C=O) groups is 2. The van der Waals surface area contributed by atoms with Crippen molar-refractivity contribution < 1.29 is 14.7 Å². The molecule has 1 saturated carbocycles. The molecule has 1 aromatic carbocycles. The van der Waals surface area contributed by atoms with E-state index >= 15 is 0 Å². The number of rotatable bonds is 4. The number of carbonyl (C=O) groups excluding carboxylic acids is 1. The van der Waals surface area contributed by atoms with E-state index in [9.17, 15) is 9.59 Å². The number of anilines is 1. The van der Waals surface area contributed by atoms with Gasteiger partial charge < -0.3 is 15.7 Å². The number of amides is 2. The highest BCUT2D eigenvalue weighted by Gasteiger charge is 2.27. The second kappa shape index (κ2) is 6.61. The zero-order valence-electron chi connectivity index (χ0n) is 12.3. The summed E-state index contributed by atoms with van der Waals surface area (Å²) in [5.74, 6) is -0.976. The van der Waals surface area contributed by atoms with Gasteiger partial charge in [-0.15, -0.1) is 0 Å². The molecule has 0 spiro atoms. The monoisotopic (exact) mass is 290 g/mol. The maximum Gasteiger partial charge on any atom is 0.335 e. The van der Waals surface area contributed by atoms with Crippen molar-refractivity contribution in [2.75, 3.05) is 11.9 Å². The largest absolute Gasteiger partial charge is 0.478 e. The average molecular weight is 290 g/mol. The lowest BCUT2D eigenvalue weighted by Crippen LogP contribution is -2.39. The molecule has 5 heteroatoms. The summed E-state index contributed by atoms with van der Waals surface area (Å²) in [4.78, 5) is 22.6. The van der Waals surface area contributed by atoms with E-state index in [1.807, 2.05) is 0 Å². The van der Waals surface area contributed by atoms with E-state index in [0.29, 0.717) is 12.2 Å². The van der Waals surface area contributed by atoms with Crippen molar-refractivity contribution in [2.24, 2.45) is 5.41 Å². The highest BCUT2D eigenvalue weighted by atomic mass is 16.4. The van der Waals surface area contributed by atoms with Crippen molar-refractivity contribution in [1.29, 1.82) is 0 Å². The lowest BCUT2D eigenvalue weighted by molar-refractivity contribution is 0.0697. The Balaban J connectivity index is 1.82. The van der Waals surface area contributed by atoms with Crippen molar-refractivity contribution in [3.05, 3.63) is 29.8 Å². The zero-order chi connectivity index (χ0) is 15.3. The number of hydrogen-bond donors (Lipinski definition) is 3. The first-order valence-electron chi connectivity index (χ1n) is 7.37. The third kappa shape index (κ3) is 4.48. The van der Waals surface area contributed by atoms with Gasteiger partial charge in [0.2, 0.25) is 0 Å². The van der Waals surface area contributed by atoms with Crippen LogP contribution in [0, 0.1) is 5.41 Å². The van der Waals surface area contributed by atoms with E-state index in [1.54, 1.807) is 12.1 Å². The van der Waals surface area contributed by atoms with Crippen molar-refractivity contribution in [2.45, 2.75) is 39.0 Å². The number of benzene rings is 1. The molecule has 21 heavy (non-hydrogen) atoms. The highest BCUT2D eigenvalue weighted by Crippen LogP contribution is 2.34. The molecule has 0 bridgehead atoms. The summed E-state index contributed by atoms with van der Waals surface area (Å²) in [6, 6.07) is 5.88. The van der Waals surface area contributed by atoms with E-state index < -0.39 is 5.97 Å². The Kier molecular flexibility index (Phi) is 4.83. The normalized spacial score (nSPS) is 17.0. The maximum atomic E-state index is 11.9. The number of carboxylic acid groups (broad SMARTS) is 1. The molecule has 5 nitrogen and oxygen atoms in total. The summed E-state index contributed by atoms with van der Waals surface area (Å²) in [5, 5.41) is 14.4. The molecule has 114 valence electrons. The van der Waals surface area contributed by atoms with Gasteiger partial charge in [0, 0.05) is 12.2 Å². The van der Waals surface area contributed by atoms with Crippen LogP contribution in [0.3, 0.4) is 0 Å². The van der Waals surface area contributed by atoms with E-state index in [2.05, 4.69) is 17.6 Å². The van der Waals surface area contributed by atoms with Gasteiger partial charge in [-0.05, 0) is 42.5 Å². The van der Waals surface area contributed by atoms with Crippen LogP contribution in [0.15, 0.2) is 24.3 Å². The van der Waals surface area contributed by atoms with Crippen molar-refractivity contribution in [3.8, 4) is 0 Å². The van der Waals surface area contributed by atoms with Crippen LogP contribution in [-0.4, -0.2) is 23.7 Å². The third-order valence-electron chi connectivity index (χ3n) is 4.13. The molecule has 0 heterocycles. The second-order valence-electron chi connectivity index (χ2n) is 6.06. The molecule has 1 fully saturated rings. The molecule has 1 aromatic rings. The van der Waals surface area contributed by atoms with E-state index in [0.717, 1.165) is 12.8 Å². The Morgan fingerprint density at radius 3 is 2.33 bits per heavy atom. The summed E-state index contributed by atoms with van der Waals surface area (Å²) >= 11 is 0. The van der Waals surface area contributed by atoms with Gasteiger partial charge in [0.15, 0.2) is 0 Å². The molecule has 2 amide bonds. The smallest absolute Gasteiger partial charge is 0.335 e. The number of nitrogens with one attached hydrogen (secondary N) is 2. The topological polar surface area (TPSA) is 78.4 Å². The minimum absolute atomic E-state index is 0.197. The molecule has 2 rings (SSSR count). The number of hydrogen-bond acceptors (Lipinski definition) is 2. The molecule has 0 saturated heterocycles. The minimum atomic E-state index is -0.976. The zero-order valence-corrected chi connectivity index (χ0v) is 12.3. The van der Waals surface area contributed by atoms with Gasteiger partial charge in [-0.2, -0.15) is 0 Å². The van der Waals surface area contributed by atoms with Crippen LogP contribution in [0.5, 0.6) is 0 Å². The lowest BCUT2D eigenvalue weighted by Gasteiger charge is -2.33. The van der Waals surface area contributed by atoms with Crippen molar-refractivity contribution >= 4 is 17.7 Å². The van der Waals surface area contributed by atoms with Crippen LogP contribution in [0.1, 0.15) is 49.4 Å². The van der Waals surface area contributed by atoms with Crippen LogP contribution in [0.25, 0.3) is 0 Å². The Morgan fingerprint density at radius 2 is 1.76 bits per heavy atom. The Bertz CT molecular complexity index is 505. The van der Waals surface area contributed by atoms with Crippen LogP contribution >= 0.6 is 0 Å². The van der Waals surface area contributed by atoms with Crippen LogP contribution in [-0.2, 0) is 0 Å². The average Bonchev–Trinajstić information content (AvgIpc) is 2.47. The molecule has 0 radical (unpaired) electrons. The fourth-order valence-electron chi connectivity index (χ4n) is 2.75. The first-order valence-corrected chi connectivity index (χ1v) is 7.37.